The summed E-state index contributed by atoms with van der Waals surface area (Å²) in [7, 11) is 0. The Balaban J connectivity index is 1.77. The van der Waals surface area contributed by atoms with Gasteiger partial charge in [0.25, 0.3) is 0 Å². The zero-order chi connectivity index (χ0) is 7.31. The molecule has 0 aromatic heterocycles. The van der Waals surface area contributed by atoms with Crippen molar-refractivity contribution in [2.75, 3.05) is 19.7 Å². The van der Waals surface area contributed by atoms with Gasteiger partial charge in [-0.2, -0.15) is 5.48 Å². The molecule has 0 radical (unpaired) electrons. The first-order chi connectivity index (χ1) is 5.42. The molecule has 0 spiro atoms. The lowest BCUT2D eigenvalue weighted by molar-refractivity contribution is 0.0747. The molecular weight excluding hydrogens is 140 g/mol. The number of fused-ring (bicyclic) bond motifs is 1. The summed E-state index contributed by atoms with van der Waals surface area (Å²) in [6.45, 7) is 3.34. The van der Waals surface area contributed by atoms with E-state index < -0.39 is 0 Å². The molecule has 0 bridgehead atoms. The molecule has 0 amide bonds. The summed E-state index contributed by atoms with van der Waals surface area (Å²) in [5.74, 6) is 0.946. The van der Waals surface area contributed by atoms with Gasteiger partial charge < -0.3 is 10.2 Å². The van der Waals surface area contributed by atoms with Crippen molar-refractivity contribution in [3.8, 4) is 0 Å². The van der Waals surface area contributed by atoms with Crippen LogP contribution in [0.3, 0.4) is 0 Å². The summed E-state index contributed by atoms with van der Waals surface area (Å²) in [6.07, 6.45) is 2.62. The zero-order valence-electron chi connectivity index (χ0n) is 6.60. The van der Waals surface area contributed by atoms with Crippen molar-refractivity contribution in [2.45, 2.75) is 18.9 Å². The summed E-state index contributed by atoms with van der Waals surface area (Å²) >= 11 is 0. The Labute approximate surface area is 66.4 Å². The lowest BCUT2D eigenvalue weighted by Gasteiger charge is -2.18. The van der Waals surface area contributed by atoms with E-state index in [-0.39, 0.29) is 0 Å². The molecule has 2 heterocycles. The number of hydrogen-bond donors (Lipinski definition) is 2. The van der Waals surface area contributed by atoms with Gasteiger partial charge in [0, 0.05) is 18.0 Å². The van der Waals surface area contributed by atoms with Gasteiger partial charge in [-0.05, 0) is 25.3 Å². The Bertz CT molecular complexity index is 179. The standard InChI is InChI=1S/C8H14N2O/c1-2-11-10-7(1)8-3-6(8)4-9-5-8/h6-7,9-10H,1-5H2. The van der Waals surface area contributed by atoms with E-state index in [1.807, 2.05) is 0 Å². The van der Waals surface area contributed by atoms with Gasteiger partial charge in [0.2, 0.25) is 0 Å². The maximum Gasteiger partial charge on any atom is 0.0698 e. The van der Waals surface area contributed by atoms with Crippen molar-refractivity contribution < 1.29 is 4.84 Å². The SMILES string of the molecule is C1CC(C23CNCC2C3)NO1. The van der Waals surface area contributed by atoms with Gasteiger partial charge in [-0.1, -0.05) is 0 Å². The largest absolute Gasteiger partial charge is 0.316 e. The van der Waals surface area contributed by atoms with Gasteiger partial charge in [-0.25, -0.2) is 0 Å². The van der Waals surface area contributed by atoms with Gasteiger partial charge in [0.05, 0.1) is 6.61 Å². The predicted molar refractivity (Wildman–Crippen MR) is 40.9 cm³/mol. The van der Waals surface area contributed by atoms with Gasteiger partial charge in [0.15, 0.2) is 0 Å². The molecule has 3 rings (SSSR count). The van der Waals surface area contributed by atoms with E-state index in [1.54, 1.807) is 0 Å². The normalized spacial score (nSPS) is 54.5. The fraction of sp³-hybridized carbons (Fsp3) is 1.00. The third kappa shape index (κ3) is 0.736. The number of nitrogens with one attached hydrogen (secondary N) is 2. The van der Waals surface area contributed by atoms with Crippen LogP contribution in [0.15, 0.2) is 0 Å². The maximum atomic E-state index is 5.18. The molecule has 3 fully saturated rings. The molecule has 62 valence electrons. The van der Waals surface area contributed by atoms with E-state index in [2.05, 4.69) is 10.8 Å². The quantitative estimate of drug-likeness (QED) is 0.553. The summed E-state index contributed by atoms with van der Waals surface area (Å²) < 4.78 is 0. The van der Waals surface area contributed by atoms with Crippen LogP contribution >= 0.6 is 0 Å². The van der Waals surface area contributed by atoms with Crippen LogP contribution in [0.25, 0.3) is 0 Å². The van der Waals surface area contributed by atoms with Crippen molar-refractivity contribution in [3.05, 3.63) is 0 Å². The van der Waals surface area contributed by atoms with Crippen LogP contribution in [-0.2, 0) is 4.84 Å². The van der Waals surface area contributed by atoms with E-state index in [4.69, 9.17) is 4.84 Å². The first-order valence-corrected chi connectivity index (χ1v) is 4.50. The second-order valence-corrected chi connectivity index (χ2v) is 4.07. The van der Waals surface area contributed by atoms with Crippen LogP contribution in [0.5, 0.6) is 0 Å². The highest BCUT2D eigenvalue weighted by Gasteiger charge is 2.61. The van der Waals surface area contributed by atoms with Crippen molar-refractivity contribution in [1.82, 2.24) is 10.8 Å². The van der Waals surface area contributed by atoms with Crippen molar-refractivity contribution in [3.63, 3.8) is 0 Å². The Kier molecular flexibility index (Phi) is 1.15. The number of hydroxylamine groups is 1. The van der Waals surface area contributed by atoms with E-state index in [0.717, 1.165) is 12.5 Å². The number of rotatable bonds is 1. The van der Waals surface area contributed by atoms with E-state index >= 15 is 0 Å². The number of hydrogen-bond acceptors (Lipinski definition) is 3. The molecule has 2 saturated heterocycles. The van der Waals surface area contributed by atoms with Crippen LogP contribution in [0.4, 0.5) is 0 Å². The van der Waals surface area contributed by atoms with Crippen LogP contribution in [0.1, 0.15) is 12.8 Å². The summed E-state index contributed by atoms with van der Waals surface area (Å²) in [5, 5.41) is 3.44. The average molecular weight is 154 g/mol. The van der Waals surface area contributed by atoms with Gasteiger partial charge in [0.1, 0.15) is 0 Å². The second kappa shape index (κ2) is 1.97. The predicted octanol–water partition coefficient (Wildman–Crippen LogP) is -0.111. The fourth-order valence-corrected chi connectivity index (χ4v) is 2.72. The van der Waals surface area contributed by atoms with Crippen molar-refractivity contribution in [1.29, 1.82) is 0 Å². The second-order valence-electron chi connectivity index (χ2n) is 4.07. The van der Waals surface area contributed by atoms with Gasteiger partial charge in [-0.15, -0.1) is 0 Å². The smallest absolute Gasteiger partial charge is 0.0698 e. The molecule has 2 aliphatic heterocycles. The first-order valence-electron chi connectivity index (χ1n) is 4.50. The molecule has 0 aromatic carbocycles. The van der Waals surface area contributed by atoms with Crippen LogP contribution < -0.4 is 10.8 Å². The van der Waals surface area contributed by atoms with Crippen molar-refractivity contribution in [2.24, 2.45) is 11.3 Å². The third-order valence-electron chi connectivity index (χ3n) is 3.55. The van der Waals surface area contributed by atoms with Gasteiger partial charge >= 0.3 is 0 Å². The Morgan fingerprint density at radius 3 is 3.00 bits per heavy atom. The highest BCUT2D eigenvalue weighted by Crippen LogP contribution is 2.58. The van der Waals surface area contributed by atoms with E-state index in [0.29, 0.717) is 11.5 Å². The monoisotopic (exact) mass is 154 g/mol. The Hall–Kier alpha value is -0.120. The topological polar surface area (TPSA) is 33.3 Å². The lowest BCUT2D eigenvalue weighted by atomic mass is 9.94. The minimum absolute atomic E-state index is 0.594. The first kappa shape index (κ1) is 6.40. The Morgan fingerprint density at radius 1 is 1.45 bits per heavy atom. The van der Waals surface area contributed by atoms with Crippen molar-refractivity contribution >= 4 is 0 Å². The third-order valence-corrected chi connectivity index (χ3v) is 3.55. The number of piperidine rings is 1. The molecule has 0 aromatic rings. The zero-order valence-corrected chi connectivity index (χ0v) is 6.60. The van der Waals surface area contributed by atoms with Crippen LogP contribution in [0.2, 0.25) is 0 Å². The minimum atomic E-state index is 0.594. The highest BCUT2D eigenvalue weighted by atomic mass is 16.7. The lowest BCUT2D eigenvalue weighted by Crippen LogP contribution is -2.35. The van der Waals surface area contributed by atoms with Crippen LogP contribution in [-0.4, -0.2) is 25.7 Å². The molecular formula is C8H14N2O. The summed E-state index contributed by atoms with van der Waals surface area (Å²) in [6, 6.07) is 0.641. The molecule has 3 heteroatoms. The molecule has 3 unspecified atom stereocenters. The molecule has 11 heavy (non-hydrogen) atoms. The summed E-state index contributed by atoms with van der Waals surface area (Å²) in [5.41, 5.74) is 3.73. The molecule has 3 nitrogen and oxygen atoms in total. The van der Waals surface area contributed by atoms with Crippen LogP contribution in [0, 0.1) is 11.3 Å². The highest BCUT2D eigenvalue weighted by molar-refractivity contribution is 5.14. The maximum absolute atomic E-state index is 5.18. The molecule has 3 aliphatic rings. The summed E-state index contributed by atoms with van der Waals surface area (Å²) in [4.78, 5) is 5.18. The molecule has 2 N–H and O–H groups in total. The van der Waals surface area contributed by atoms with E-state index in [9.17, 15) is 0 Å². The van der Waals surface area contributed by atoms with E-state index in [1.165, 1.54) is 25.9 Å². The van der Waals surface area contributed by atoms with Gasteiger partial charge in [-0.3, -0.25) is 0 Å². The molecule has 3 atom stereocenters. The fourth-order valence-electron chi connectivity index (χ4n) is 2.72. The molecule has 1 saturated carbocycles. The average Bonchev–Trinajstić information content (AvgIpc) is 2.56. The molecule has 1 aliphatic carbocycles. The Morgan fingerprint density at radius 2 is 2.45 bits per heavy atom. The minimum Gasteiger partial charge on any atom is -0.316 e.